The zero-order valence-electron chi connectivity index (χ0n) is 5.65. The molecule has 1 heterocycles. The molecule has 1 aliphatic rings. The van der Waals surface area contributed by atoms with Crippen LogP contribution in [0.4, 0.5) is 4.79 Å². The third kappa shape index (κ3) is 1.49. The average molecular weight is 157 g/mol. The summed E-state index contributed by atoms with van der Waals surface area (Å²) in [6.07, 6.45) is -0.158. The van der Waals surface area contributed by atoms with Crippen LogP contribution in [-0.2, 0) is 4.79 Å². The molecule has 60 valence electrons. The smallest absolute Gasteiger partial charge is 0.414 e. The fourth-order valence-electron chi connectivity index (χ4n) is 0.819. The van der Waals surface area contributed by atoms with Crippen molar-refractivity contribution >= 4 is 12.0 Å². The normalized spacial score (nSPS) is 18.0. The summed E-state index contributed by atoms with van der Waals surface area (Å²) in [5.74, 6) is -0.742. The summed E-state index contributed by atoms with van der Waals surface area (Å²) >= 11 is 0. The van der Waals surface area contributed by atoms with Crippen LogP contribution in [0.5, 0.6) is 0 Å². The van der Waals surface area contributed by atoms with Gasteiger partial charge in [-0.3, -0.25) is 4.79 Å². The van der Waals surface area contributed by atoms with Gasteiger partial charge in [0.15, 0.2) is 0 Å². The van der Waals surface area contributed by atoms with Crippen molar-refractivity contribution in [2.24, 2.45) is 0 Å². The highest BCUT2D eigenvalue weighted by Gasteiger charge is 2.23. The summed E-state index contributed by atoms with van der Waals surface area (Å²) in [5, 5.41) is 17.2. The first-order chi connectivity index (χ1) is 5.11. The Morgan fingerprint density at radius 1 is 1.64 bits per heavy atom. The van der Waals surface area contributed by atoms with Crippen molar-refractivity contribution in [3.63, 3.8) is 0 Å². The number of carboxylic acid groups (broad SMARTS) is 1. The van der Waals surface area contributed by atoms with Crippen molar-refractivity contribution < 1.29 is 19.8 Å². The number of carbonyl (C=O) groups excluding carboxylic acids is 1. The molecule has 1 aliphatic heterocycles. The number of imide groups is 1. The summed E-state index contributed by atoms with van der Waals surface area (Å²) in [5.41, 5.74) is 0. The molecule has 0 fully saturated rings. The third-order valence-electron chi connectivity index (χ3n) is 1.38. The van der Waals surface area contributed by atoms with Gasteiger partial charge in [-0.1, -0.05) is 0 Å². The van der Waals surface area contributed by atoms with Crippen LogP contribution in [0, 0.1) is 0 Å². The predicted octanol–water partition coefficient (Wildman–Crippen LogP) is 0.339. The number of hydrogen-bond acceptors (Lipinski definition) is 3. The van der Waals surface area contributed by atoms with Crippen molar-refractivity contribution in [3.8, 4) is 0 Å². The molecule has 0 spiro atoms. The molecule has 1 rings (SSSR count). The minimum atomic E-state index is -1.28. The lowest BCUT2D eigenvalue weighted by Gasteiger charge is -2.18. The van der Waals surface area contributed by atoms with Crippen molar-refractivity contribution in [2.45, 2.75) is 6.42 Å². The highest BCUT2D eigenvalue weighted by atomic mass is 16.4. The zero-order valence-corrected chi connectivity index (χ0v) is 5.65. The highest BCUT2D eigenvalue weighted by Crippen LogP contribution is 2.08. The van der Waals surface area contributed by atoms with E-state index >= 15 is 0 Å². The second-order valence-corrected chi connectivity index (χ2v) is 2.16. The van der Waals surface area contributed by atoms with Crippen LogP contribution in [0.25, 0.3) is 0 Å². The predicted molar refractivity (Wildman–Crippen MR) is 35.1 cm³/mol. The fraction of sp³-hybridized carbons (Fsp3) is 0.333. The van der Waals surface area contributed by atoms with Gasteiger partial charge >= 0.3 is 6.09 Å². The van der Waals surface area contributed by atoms with Crippen molar-refractivity contribution in [2.75, 3.05) is 6.54 Å². The zero-order chi connectivity index (χ0) is 8.43. The number of aliphatic hydroxyl groups is 1. The minimum absolute atomic E-state index is 0.0382. The molecule has 0 aromatic heterocycles. The topological polar surface area (TPSA) is 77.8 Å². The van der Waals surface area contributed by atoms with Crippen LogP contribution < -0.4 is 0 Å². The maximum absolute atomic E-state index is 10.8. The quantitative estimate of drug-likeness (QED) is 0.531. The van der Waals surface area contributed by atoms with E-state index in [0.717, 1.165) is 6.08 Å². The molecule has 0 aromatic carbocycles. The Morgan fingerprint density at radius 3 is 2.73 bits per heavy atom. The van der Waals surface area contributed by atoms with Gasteiger partial charge in [-0.05, 0) is 0 Å². The van der Waals surface area contributed by atoms with Crippen LogP contribution in [0.3, 0.4) is 0 Å². The van der Waals surface area contributed by atoms with E-state index in [1.807, 2.05) is 0 Å². The van der Waals surface area contributed by atoms with Crippen LogP contribution in [0.1, 0.15) is 6.42 Å². The van der Waals surface area contributed by atoms with Crippen molar-refractivity contribution in [3.05, 3.63) is 11.8 Å². The van der Waals surface area contributed by atoms with Gasteiger partial charge in [0.25, 0.3) is 5.91 Å². The van der Waals surface area contributed by atoms with Crippen LogP contribution in [0.2, 0.25) is 0 Å². The summed E-state index contributed by atoms with van der Waals surface area (Å²) < 4.78 is 0. The Bertz CT molecular complexity index is 233. The molecule has 0 atom stereocenters. The van der Waals surface area contributed by atoms with Crippen LogP contribution >= 0.6 is 0 Å². The lowest BCUT2D eigenvalue weighted by atomic mass is 10.2. The standard InChI is InChI=1S/C6H7NO4/c8-4-1-2-7(6(10)11)5(9)3-4/h3,8H,1-2H2,(H,10,11). The van der Waals surface area contributed by atoms with Crippen molar-refractivity contribution in [1.29, 1.82) is 0 Å². The molecule has 0 saturated carbocycles. The molecule has 0 bridgehead atoms. The molecule has 0 saturated heterocycles. The SMILES string of the molecule is O=C(O)N1CCC(O)=CC1=O. The average Bonchev–Trinajstić information content (AvgIpc) is 1.85. The van der Waals surface area contributed by atoms with Gasteiger partial charge in [-0.15, -0.1) is 0 Å². The van der Waals surface area contributed by atoms with Gasteiger partial charge in [-0.2, -0.15) is 0 Å². The monoisotopic (exact) mass is 157 g/mol. The molecule has 2 amide bonds. The molecule has 2 N–H and O–H groups in total. The van der Waals surface area contributed by atoms with Crippen LogP contribution in [0.15, 0.2) is 11.8 Å². The first-order valence-corrected chi connectivity index (χ1v) is 3.05. The van der Waals surface area contributed by atoms with E-state index in [2.05, 4.69) is 0 Å². The van der Waals surface area contributed by atoms with Crippen molar-refractivity contribution in [1.82, 2.24) is 4.90 Å². The lowest BCUT2D eigenvalue weighted by molar-refractivity contribution is -0.124. The first kappa shape index (κ1) is 7.59. The molecular formula is C6H7NO4. The molecule has 0 aliphatic carbocycles. The first-order valence-electron chi connectivity index (χ1n) is 3.05. The lowest BCUT2D eigenvalue weighted by Crippen LogP contribution is -2.38. The van der Waals surface area contributed by atoms with E-state index < -0.39 is 12.0 Å². The van der Waals surface area contributed by atoms with E-state index in [4.69, 9.17) is 10.2 Å². The Balaban J connectivity index is 2.76. The number of nitrogens with zero attached hydrogens (tertiary/aromatic N) is 1. The Morgan fingerprint density at radius 2 is 2.27 bits per heavy atom. The van der Waals surface area contributed by atoms with E-state index in [-0.39, 0.29) is 18.7 Å². The highest BCUT2D eigenvalue weighted by molar-refractivity contribution is 5.98. The largest absolute Gasteiger partial charge is 0.512 e. The van der Waals surface area contributed by atoms with Gasteiger partial charge in [-0.25, -0.2) is 9.69 Å². The molecular weight excluding hydrogens is 150 g/mol. The molecule has 5 heteroatoms. The van der Waals surface area contributed by atoms with Gasteiger partial charge in [0.2, 0.25) is 0 Å². The third-order valence-corrected chi connectivity index (χ3v) is 1.38. The molecule has 5 nitrogen and oxygen atoms in total. The number of hydrogen-bond donors (Lipinski definition) is 2. The van der Waals surface area contributed by atoms with Crippen LogP contribution in [-0.4, -0.2) is 33.7 Å². The maximum Gasteiger partial charge on any atom is 0.414 e. The number of carbonyl (C=O) groups is 2. The van der Waals surface area contributed by atoms with Gasteiger partial charge in [0.05, 0.1) is 5.76 Å². The number of amides is 2. The Labute approximate surface area is 62.5 Å². The second-order valence-electron chi connectivity index (χ2n) is 2.16. The fourth-order valence-corrected chi connectivity index (χ4v) is 0.819. The molecule has 0 aromatic rings. The molecule has 11 heavy (non-hydrogen) atoms. The van der Waals surface area contributed by atoms with E-state index in [9.17, 15) is 9.59 Å². The molecule has 0 unspecified atom stereocenters. The Kier molecular flexibility index (Phi) is 1.80. The summed E-state index contributed by atoms with van der Waals surface area (Å²) in [6, 6.07) is 0. The van der Waals surface area contributed by atoms with E-state index in [0.29, 0.717) is 4.90 Å². The summed E-state index contributed by atoms with van der Waals surface area (Å²) in [7, 11) is 0. The summed E-state index contributed by atoms with van der Waals surface area (Å²) in [4.78, 5) is 21.7. The van der Waals surface area contributed by atoms with E-state index in [1.165, 1.54) is 0 Å². The Hall–Kier alpha value is -1.52. The summed E-state index contributed by atoms with van der Waals surface area (Å²) in [6.45, 7) is 0.0382. The number of aliphatic hydroxyl groups excluding tert-OH is 1. The molecule has 0 radical (unpaired) electrons. The van der Waals surface area contributed by atoms with E-state index in [1.54, 1.807) is 0 Å². The maximum atomic E-state index is 10.8. The minimum Gasteiger partial charge on any atom is -0.512 e. The van der Waals surface area contributed by atoms with Gasteiger partial charge in [0.1, 0.15) is 0 Å². The number of rotatable bonds is 0. The van der Waals surface area contributed by atoms with Gasteiger partial charge < -0.3 is 10.2 Å². The second kappa shape index (κ2) is 2.61. The van der Waals surface area contributed by atoms with Gasteiger partial charge in [0, 0.05) is 19.0 Å².